The maximum absolute atomic E-state index is 3.20. The highest BCUT2D eigenvalue weighted by molar-refractivity contribution is 4.94. The molecule has 13 heavy (non-hydrogen) atoms. The summed E-state index contributed by atoms with van der Waals surface area (Å²) in [5.41, 5.74) is 0. The van der Waals surface area contributed by atoms with E-state index in [-0.39, 0.29) is 0 Å². The number of allylic oxidation sites excluding steroid dienone is 4. The van der Waals surface area contributed by atoms with Crippen molar-refractivity contribution in [2.75, 3.05) is 0 Å². The molecule has 0 aromatic rings. The predicted molar refractivity (Wildman–Crippen MR) is 60.6 cm³/mol. The van der Waals surface area contributed by atoms with Gasteiger partial charge in [-0.2, -0.15) is 0 Å². The second-order valence-corrected chi connectivity index (χ2v) is 3.41. The monoisotopic (exact) mass is 179 g/mol. The number of rotatable bonds is 8. The van der Waals surface area contributed by atoms with Crippen LogP contribution in [0.15, 0.2) is 18.2 Å². The summed E-state index contributed by atoms with van der Waals surface area (Å²) in [6, 6.07) is 0. The molecule has 0 heteroatoms. The zero-order valence-corrected chi connectivity index (χ0v) is 9.18. The van der Waals surface area contributed by atoms with Gasteiger partial charge in [0.1, 0.15) is 0 Å². The van der Waals surface area contributed by atoms with E-state index in [1.54, 1.807) is 0 Å². The highest BCUT2D eigenvalue weighted by atomic mass is 13.9. The SMILES string of the molecule is CCCC/C=C/[C]=C\CCCCC. The Kier molecular flexibility index (Phi) is 11.0. The van der Waals surface area contributed by atoms with Crippen molar-refractivity contribution in [2.24, 2.45) is 0 Å². The van der Waals surface area contributed by atoms with Gasteiger partial charge in [0.25, 0.3) is 0 Å². The van der Waals surface area contributed by atoms with Crippen LogP contribution in [0.5, 0.6) is 0 Å². The summed E-state index contributed by atoms with van der Waals surface area (Å²) < 4.78 is 0. The molecule has 0 unspecified atom stereocenters. The van der Waals surface area contributed by atoms with E-state index in [1.165, 1.54) is 44.9 Å². The molecule has 1 radical (unpaired) electrons. The second-order valence-electron chi connectivity index (χ2n) is 3.41. The average molecular weight is 179 g/mol. The molecule has 0 aromatic heterocycles. The van der Waals surface area contributed by atoms with Crippen LogP contribution in [0.1, 0.15) is 58.8 Å². The minimum Gasteiger partial charge on any atom is -0.0839 e. The Hall–Kier alpha value is -0.520. The largest absolute Gasteiger partial charge is 0.0839 e. The first-order chi connectivity index (χ1) is 6.41. The van der Waals surface area contributed by atoms with Crippen molar-refractivity contribution >= 4 is 0 Å². The van der Waals surface area contributed by atoms with Crippen LogP contribution in [0.3, 0.4) is 0 Å². The molecule has 75 valence electrons. The van der Waals surface area contributed by atoms with E-state index in [1.807, 2.05) is 0 Å². The Morgan fingerprint density at radius 1 is 0.923 bits per heavy atom. The van der Waals surface area contributed by atoms with Crippen molar-refractivity contribution in [3.8, 4) is 0 Å². The van der Waals surface area contributed by atoms with E-state index in [0.29, 0.717) is 0 Å². The van der Waals surface area contributed by atoms with Gasteiger partial charge in [0.2, 0.25) is 0 Å². The molecule has 0 amide bonds. The highest BCUT2D eigenvalue weighted by Gasteiger charge is 1.80. The quantitative estimate of drug-likeness (QED) is 0.375. The number of hydrogen-bond donors (Lipinski definition) is 0. The lowest BCUT2D eigenvalue weighted by atomic mass is 10.2. The van der Waals surface area contributed by atoms with E-state index in [4.69, 9.17) is 0 Å². The van der Waals surface area contributed by atoms with Crippen molar-refractivity contribution in [3.05, 3.63) is 24.3 Å². The maximum Gasteiger partial charge on any atom is -0.0230 e. The lowest BCUT2D eigenvalue weighted by Gasteiger charge is -1.89. The summed E-state index contributed by atoms with van der Waals surface area (Å²) in [6.07, 6.45) is 18.5. The zero-order valence-electron chi connectivity index (χ0n) is 9.18. The molecule has 0 fully saturated rings. The molecule has 0 atom stereocenters. The highest BCUT2D eigenvalue weighted by Crippen LogP contribution is 1.99. The Balaban J connectivity index is 3.15. The van der Waals surface area contributed by atoms with E-state index < -0.39 is 0 Å². The van der Waals surface area contributed by atoms with Gasteiger partial charge in [-0.05, 0) is 25.3 Å². The first kappa shape index (κ1) is 12.5. The third kappa shape index (κ3) is 11.5. The molecule has 0 rings (SSSR count). The molecule has 0 bridgehead atoms. The standard InChI is InChI=1S/C13H23/c1-3-5-7-9-11-13-12-10-8-6-4-2/h9,11-12H,3-8,10H2,1-2H3/b11-9+,13-12?. The second kappa shape index (κ2) is 11.5. The zero-order chi connectivity index (χ0) is 9.78. The van der Waals surface area contributed by atoms with Gasteiger partial charge in [-0.25, -0.2) is 0 Å². The smallest absolute Gasteiger partial charge is 0.0230 e. The van der Waals surface area contributed by atoms with Crippen LogP contribution in [0.4, 0.5) is 0 Å². The topological polar surface area (TPSA) is 0 Å². The molecule has 0 aliphatic rings. The fourth-order valence-corrected chi connectivity index (χ4v) is 1.12. The fraction of sp³-hybridized carbons (Fsp3) is 0.692. The van der Waals surface area contributed by atoms with Crippen molar-refractivity contribution < 1.29 is 0 Å². The predicted octanol–water partition coefficient (Wildman–Crippen LogP) is 4.67. The van der Waals surface area contributed by atoms with Gasteiger partial charge in [0, 0.05) is 0 Å². The Labute approximate surface area is 83.7 Å². The van der Waals surface area contributed by atoms with Crippen LogP contribution in [0.2, 0.25) is 0 Å². The molecular weight excluding hydrogens is 156 g/mol. The van der Waals surface area contributed by atoms with Gasteiger partial charge in [-0.1, -0.05) is 57.8 Å². The first-order valence-electron chi connectivity index (χ1n) is 5.64. The van der Waals surface area contributed by atoms with Crippen LogP contribution >= 0.6 is 0 Å². The lowest BCUT2D eigenvalue weighted by Crippen LogP contribution is -1.70. The van der Waals surface area contributed by atoms with Crippen LogP contribution in [-0.2, 0) is 0 Å². The van der Waals surface area contributed by atoms with Crippen LogP contribution in [-0.4, -0.2) is 0 Å². The van der Waals surface area contributed by atoms with Crippen LogP contribution < -0.4 is 0 Å². The normalized spacial score (nSPS) is 11.8. The minimum atomic E-state index is 1.19. The Bertz CT molecular complexity index is 131. The van der Waals surface area contributed by atoms with Gasteiger partial charge < -0.3 is 0 Å². The molecule has 0 aromatic carbocycles. The van der Waals surface area contributed by atoms with E-state index in [0.717, 1.165) is 0 Å². The van der Waals surface area contributed by atoms with Crippen molar-refractivity contribution in [1.29, 1.82) is 0 Å². The molecule has 0 spiro atoms. The Morgan fingerprint density at radius 2 is 1.69 bits per heavy atom. The summed E-state index contributed by atoms with van der Waals surface area (Å²) in [5, 5.41) is 0. The summed E-state index contributed by atoms with van der Waals surface area (Å²) in [7, 11) is 0. The molecule has 0 aliphatic heterocycles. The third-order valence-corrected chi connectivity index (χ3v) is 2.01. The summed E-state index contributed by atoms with van der Waals surface area (Å²) in [6.45, 7) is 4.45. The van der Waals surface area contributed by atoms with Crippen LogP contribution in [0, 0.1) is 6.08 Å². The minimum absolute atomic E-state index is 1.19. The van der Waals surface area contributed by atoms with Crippen molar-refractivity contribution in [2.45, 2.75) is 58.8 Å². The number of hydrogen-bond acceptors (Lipinski definition) is 0. The van der Waals surface area contributed by atoms with Crippen molar-refractivity contribution in [1.82, 2.24) is 0 Å². The summed E-state index contributed by atoms with van der Waals surface area (Å²) in [4.78, 5) is 0. The fourth-order valence-electron chi connectivity index (χ4n) is 1.12. The molecule has 0 N–H and O–H groups in total. The van der Waals surface area contributed by atoms with Gasteiger partial charge >= 0.3 is 0 Å². The Morgan fingerprint density at radius 3 is 2.38 bits per heavy atom. The molecular formula is C13H23. The molecule has 0 saturated carbocycles. The van der Waals surface area contributed by atoms with Crippen molar-refractivity contribution in [3.63, 3.8) is 0 Å². The van der Waals surface area contributed by atoms with Gasteiger partial charge in [0.05, 0.1) is 0 Å². The lowest BCUT2D eigenvalue weighted by molar-refractivity contribution is 0.728. The molecule has 0 saturated heterocycles. The molecule has 0 aliphatic carbocycles. The molecule has 0 nitrogen and oxygen atoms in total. The molecule has 0 heterocycles. The first-order valence-corrected chi connectivity index (χ1v) is 5.64. The van der Waals surface area contributed by atoms with Gasteiger partial charge in [-0.3, -0.25) is 0 Å². The maximum atomic E-state index is 3.20. The third-order valence-electron chi connectivity index (χ3n) is 2.01. The van der Waals surface area contributed by atoms with E-state index >= 15 is 0 Å². The average Bonchev–Trinajstić information content (AvgIpc) is 2.16. The summed E-state index contributed by atoms with van der Waals surface area (Å²) in [5.74, 6) is 0. The summed E-state index contributed by atoms with van der Waals surface area (Å²) >= 11 is 0. The number of unbranched alkanes of at least 4 members (excludes halogenated alkanes) is 5. The van der Waals surface area contributed by atoms with Gasteiger partial charge in [-0.15, -0.1) is 0 Å². The van der Waals surface area contributed by atoms with E-state index in [9.17, 15) is 0 Å². The van der Waals surface area contributed by atoms with Gasteiger partial charge in [0.15, 0.2) is 0 Å². The van der Waals surface area contributed by atoms with E-state index in [2.05, 4.69) is 38.2 Å². The van der Waals surface area contributed by atoms with Crippen LogP contribution in [0.25, 0.3) is 0 Å².